The van der Waals surface area contributed by atoms with Crippen molar-refractivity contribution in [2.75, 3.05) is 10.6 Å². The van der Waals surface area contributed by atoms with Crippen molar-refractivity contribution in [1.82, 2.24) is 0 Å². The molecule has 0 fully saturated rings. The van der Waals surface area contributed by atoms with Gasteiger partial charge in [0, 0.05) is 15.7 Å². The third-order valence-electron chi connectivity index (χ3n) is 3.28. The second kappa shape index (κ2) is 5.40. The summed E-state index contributed by atoms with van der Waals surface area (Å²) in [5.74, 6) is -0.412. The van der Waals surface area contributed by atoms with Gasteiger partial charge in [0.05, 0.1) is 5.69 Å². The zero-order valence-corrected chi connectivity index (χ0v) is 12.6. The van der Waals surface area contributed by atoms with Gasteiger partial charge < -0.3 is 10.6 Å². The smallest absolute Gasteiger partial charge is 0.247 e. The molecular formula is C15H12FIN2O. The number of hydrogen-bond acceptors (Lipinski definition) is 2. The summed E-state index contributed by atoms with van der Waals surface area (Å²) >= 11 is 2.01. The van der Waals surface area contributed by atoms with Crippen LogP contribution in [0.4, 0.5) is 15.8 Å². The van der Waals surface area contributed by atoms with E-state index in [2.05, 4.69) is 10.6 Å². The van der Waals surface area contributed by atoms with Gasteiger partial charge in [-0.05, 0) is 52.4 Å². The average Bonchev–Trinajstić information content (AvgIpc) is 2.86. The fraction of sp³-hybridized carbons (Fsp3) is 0.133. The lowest BCUT2D eigenvalue weighted by molar-refractivity contribution is -0.116. The van der Waals surface area contributed by atoms with Gasteiger partial charge in [-0.15, -0.1) is 0 Å². The molecule has 0 bridgehead atoms. The molecular weight excluding hydrogens is 370 g/mol. The van der Waals surface area contributed by atoms with Crippen LogP contribution in [0, 0.1) is 9.39 Å². The Morgan fingerprint density at radius 2 is 2.10 bits per heavy atom. The van der Waals surface area contributed by atoms with Gasteiger partial charge in [0.1, 0.15) is 11.9 Å². The molecule has 0 aliphatic carbocycles. The van der Waals surface area contributed by atoms with Crippen molar-refractivity contribution in [2.24, 2.45) is 0 Å². The Bertz CT molecular complexity index is 650. The number of anilines is 2. The van der Waals surface area contributed by atoms with E-state index in [1.807, 2.05) is 46.9 Å². The van der Waals surface area contributed by atoms with Gasteiger partial charge in [-0.3, -0.25) is 4.79 Å². The van der Waals surface area contributed by atoms with Crippen molar-refractivity contribution in [3.63, 3.8) is 0 Å². The van der Waals surface area contributed by atoms with Gasteiger partial charge in [0.25, 0.3) is 0 Å². The Labute approximate surface area is 129 Å². The summed E-state index contributed by atoms with van der Waals surface area (Å²) in [6.07, 6.45) is 0.666. The summed E-state index contributed by atoms with van der Waals surface area (Å²) in [6, 6.07) is 11.9. The molecule has 0 saturated heterocycles. The zero-order chi connectivity index (χ0) is 14.1. The van der Waals surface area contributed by atoms with Crippen LogP contribution in [-0.2, 0) is 11.2 Å². The average molecular weight is 382 g/mol. The van der Waals surface area contributed by atoms with E-state index in [1.54, 1.807) is 6.07 Å². The lowest BCUT2D eigenvalue weighted by atomic mass is 10.1. The fourth-order valence-corrected chi connectivity index (χ4v) is 2.88. The van der Waals surface area contributed by atoms with E-state index < -0.39 is 0 Å². The number of carbonyl (C=O) groups is 1. The van der Waals surface area contributed by atoms with Crippen molar-refractivity contribution in [2.45, 2.75) is 12.5 Å². The Hall–Kier alpha value is -1.63. The number of carbonyl (C=O) groups excluding carboxylic acids is 1. The Morgan fingerprint density at radius 3 is 2.85 bits per heavy atom. The van der Waals surface area contributed by atoms with Crippen molar-refractivity contribution >= 4 is 39.9 Å². The van der Waals surface area contributed by atoms with Crippen molar-refractivity contribution in [1.29, 1.82) is 0 Å². The lowest BCUT2D eigenvalue weighted by Crippen LogP contribution is -2.33. The molecule has 3 rings (SSSR count). The minimum absolute atomic E-state index is 0.106. The highest BCUT2D eigenvalue weighted by Crippen LogP contribution is 2.26. The first kappa shape index (κ1) is 13.4. The first-order valence-corrected chi connectivity index (χ1v) is 7.32. The van der Waals surface area contributed by atoms with Crippen LogP contribution in [0.15, 0.2) is 42.5 Å². The normalized spacial score (nSPS) is 16.4. The van der Waals surface area contributed by atoms with E-state index in [1.165, 1.54) is 12.1 Å². The summed E-state index contributed by atoms with van der Waals surface area (Å²) in [7, 11) is 0. The Balaban J connectivity index is 1.72. The maximum Gasteiger partial charge on any atom is 0.247 e. The predicted octanol–water partition coefficient (Wildman–Crippen LogP) is 3.41. The van der Waals surface area contributed by atoms with E-state index in [-0.39, 0.29) is 17.8 Å². The fourth-order valence-electron chi connectivity index (χ4n) is 2.27. The summed E-state index contributed by atoms with van der Waals surface area (Å²) in [5.41, 5.74) is 2.78. The quantitative estimate of drug-likeness (QED) is 0.782. The molecule has 1 atom stereocenters. The molecule has 1 heterocycles. The second-order valence-electron chi connectivity index (χ2n) is 4.67. The van der Waals surface area contributed by atoms with E-state index in [4.69, 9.17) is 0 Å². The van der Waals surface area contributed by atoms with Crippen LogP contribution in [0.5, 0.6) is 0 Å². The van der Waals surface area contributed by atoms with E-state index >= 15 is 0 Å². The van der Waals surface area contributed by atoms with Crippen LogP contribution in [0.2, 0.25) is 0 Å². The molecule has 0 saturated carbocycles. The van der Waals surface area contributed by atoms with Gasteiger partial charge >= 0.3 is 0 Å². The molecule has 20 heavy (non-hydrogen) atoms. The highest BCUT2D eigenvalue weighted by atomic mass is 127. The van der Waals surface area contributed by atoms with Gasteiger partial charge in [-0.25, -0.2) is 4.39 Å². The molecule has 1 amide bonds. The Morgan fingerprint density at radius 1 is 1.30 bits per heavy atom. The molecule has 0 unspecified atom stereocenters. The van der Waals surface area contributed by atoms with Crippen LogP contribution in [0.1, 0.15) is 5.56 Å². The SMILES string of the molecule is O=C(Nc1ccc(F)cc1I)[C@@H]1Cc2ccccc2N1. The number of halogens is 2. The third kappa shape index (κ3) is 2.63. The van der Waals surface area contributed by atoms with Crippen molar-refractivity contribution in [3.05, 3.63) is 57.4 Å². The summed E-state index contributed by atoms with van der Waals surface area (Å²) in [6.45, 7) is 0. The van der Waals surface area contributed by atoms with Gasteiger partial charge in [0.15, 0.2) is 0 Å². The molecule has 102 valence electrons. The molecule has 0 radical (unpaired) electrons. The molecule has 1 aliphatic heterocycles. The summed E-state index contributed by atoms with van der Waals surface area (Å²) < 4.78 is 13.7. The molecule has 1 aliphatic rings. The number of nitrogens with one attached hydrogen (secondary N) is 2. The number of benzene rings is 2. The summed E-state index contributed by atoms with van der Waals surface area (Å²) in [4.78, 5) is 12.2. The minimum Gasteiger partial charge on any atom is -0.373 e. The topological polar surface area (TPSA) is 41.1 Å². The maximum atomic E-state index is 13.0. The van der Waals surface area contributed by atoms with Crippen molar-refractivity contribution < 1.29 is 9.18 Å². The molecule has 3 nitrogen and oxygen atoms in total. The van der Waals surface area contributed by atoms with Crippen LogP contribution < -0.4 is 10.6 Å². The van der Waals surface area contributed by atoms with E-state index in [0.717, 1.165) is 11.3 Å². The van der Waals surface area contributed by atoms with Crippen LogP contribution >= 0.6 is 22.6 Å². The largest absolute Gasteiger partial charge is 0.373 e. The van der Waals surface area contributed by atoms with E-state index in [9.17, 15) is 9.18 Å². The molecule has 2 aromatic rings. The summed E-state index contributed by atoms with van der Waals surface area (Å²) in [5, 5.41) is 6.04. The lowest BCUT2D eigenvalue weighted by Gasteiger charge is -2.13. The number of hydrogen-bond donors (Lipinski definition) is 2. The second-order valence-corrected chi connectivity index (χ2v) is 5.83. The van der Waals surface area contributed by atoms with Crippen LogP contribution in [0.3, 0.4) is 0 Å². The number of para-hydroxylation sites is 1. The third-order valence-corrected chi connectivity index (χ3v) is 4.17. The molecule has 2 aromatic carbocycles. The van der Waals surface area contributed by atoms with Crippen LogP contribution in [0.25, 0.3) is 0 Å². The Kier molecular flexibility index (Phi) is 3.60. The monoisotopic (exact) mass is 382 g/mol. The zero-order valence-electron chi connectivity index (χ0n) is 10.5. The molecule has 0 spiro atoms. The number of amides is 1. The molecule has 2 N–H and O–H groups in total. The standard InChI is InChI=1S/C15H12FIN2O/c16-10-5-6-13(11(17)8-10)19-15(20)14-7-9-3-1-2-4-12(9)18-14/h1-6,8,14,18H,7H2,(H,19,20)/t14-/m0/s1. The van der Waals surface area contributed by atoms with Crippen LogP contribution in [-0.4, -0.2) is 11.9 Å². The molecule has 5 heteroatoms. The van der Waals surface area contributed by atoms with E-state index in [0.29, 0.717) is 15.7 Å². The molecule has 0 aromatic heterocycles. The maximum absolute atomic E-state index is 13.0. The highest BCUT2D eigenvalue weighted by Gasteiger charge is 2.26. The predicted molar refractivity (Wildman–Crippen MR) is 85.3 cm³/mol. The first-order chi connectivity index (χ1) is 9.63. The number of fused-ring (bicyclic) bond motifs is 1. The van der Waals surface area contributed by atoms with Gasteiger partial charge in [-0.2, -0.15) is 0 Å². The minimum atomic E-state index is -0.307. The van der Waals surface area contributed by atoms with Gasteiger partial charge in [-0.1, -0.05) is 18.2 Å². The number of rotatable bonds is 2. The highest BCUT2D eigenvalue weighted by molar-refractivity contribution is 14.1. The van der Waals surface area contributed by atoms with Gasteiger partial charge in [0.2, 0.25) is 5.91 Å². The first-order valence-electron chi connectivity index (χ1n) is 6.24. The van der Waals surface area contributed by atoms with Crippen molar-refractivity contribution in [3.8, 4) is 0 Å².